The Morgan fingerprint density at radius 2 is 2.11 bits per heavy atom. The quantitative estimate of drug-likeness (QED) is 0.898. The Labute approximate surface area is 107 Å². The van der Waals surface area contributed by atoms with E-state index in [2.05, 4.69) is 18.7 Å². The average molecular weight is 254 g/mol. The molecule has 1 aliphatic rings. The summed E-state index contributed by atoms with van der Waals surface area (Å²) in [5.41, 5.74) is 6.35. The number of nitrogens with zero attached hydrogens (tertiary/aromatic N) is 1. The third-order valence-corrected chi connectivity index (χ3v) is 3.71. The lowest BCUT2D eigenvalue weighted by molar-refractivity contribution is 0.218. The van der Waals surface area contributed by atoms with Crippen molar-refractivity contribution >= 4 is 0 Å². The lowest BCUT2D eigenvalue weighted by atomic mass is 9.93. The summed E-state index contributed by atoms with van der Waals surface area (Å²) in [5.74, 6) is -1.57. The van der Waals surface area contributed by atoms with Gasteiger partial charge in [0.05, 0.1) is 6.04 Å². The van der Waals surface area contributed by atoms with Gasteiger partial charge >= 0.3 is 0 Å². The Bertz CT molecular complexity index is 432. The molecule has 0 bridgehead atoms. The van der Waals surface area contributed by atoms with Gasteiger partial charge in [0.2, 0.25) is 0 Å². The summed E-state index contributed by atoms with van der Waals surface area (Å²) in [5, 5.41) is 0. The van der Waals surface area contributed by atoms with Gasteiger partial charge in [-0.05, 0) is 24.4 Å². The zero-order valence-corrected chi connectivity index (χ0v) is 10.9. The van der Waals surface area contributed by atoms with E-state index in [-0.39, 0.29) is 11.5 Å². The molecule has 0 aromatic heterocycles. The van der Waals surface area contributed by atoms with Crippen molar-refractivity contribution in [3.63, 3.8) is 0 Å². The minimum atomic E-state index is -0.801. The van der Waals surface area contributed by atoms with Crippen LogP contribution in [0, 0.1) is 17.0 Å². The first-order chi connectivity index (χ1) is 8.44. The maximum absolute atomic E-state index is 13.8. The van der Waals surface area contributed by atoms with E-state index in [1.165, 1.54) is 6.07 Å². The van der Waals surface area contributed by atoms with Gasteiger partial charge in [-0.1, -0.05) is 26.0 Å². The van der Waals surface area contributed by atoms with E-state index in [4.69, 9.17) is 5.73 Å². The zero-order valence-electron chi connectivity index (χ0n) is 10.9. The van der Waals surface area contributed by atoms with Crippen LogP contribution in [-0.2, 0) is 0 Å². The predicted molar refractivity (Wildman–Crippen MR) is 68.1 cm³/mol. The molecular weight excluding hydrogens is 234 g/mol. The van der Waals surface area contributed by atoms with Crippen molar-refractivity contribution in [3.05, 3.63) is 35.4 Å². The summed E-state index contributed by atoms with van der Waals surface area (Å²) in [6.45, 7) is 6.41. The topological polar surface area (TPSA) is 29.3 Å². The largest absolute Gasteiger partial charge is 0.329 e. The maximum Gasteiger partial charge on any atom is 0.163 e. The first kappa shape index (κ1) is 13.4. The molecule has 2 nitrogen and oxygen atoms in total. The summed E-state index contributed by atoms with van der Waals surface area (Å²) in [7, 11) is 0. The van der Waals surface area contributed by atoms with Gasteiger partial charge in [-0.2, -0.15) is 0 Å². The zero-order chi connectivity index (χ0) is 13.3. The lowest BCUT2D eigenvalue weighted by Crippen LogP contribution is -2.33. The van der Waals surface area contributed by atoms with Crippen molar-refractivity contribution in [2.75, 3.05) is 19.6 Å². The molecule has 0 radical (unpaired) electrons. The van der Waals surface area contributed by atoms with E-state index >= 15 is 0 Å². The third-order valence-electron chi connectivity index (χ3n) is 3.71. The van der Waals surface area contributed by atoms with E-state index in [0.717, 1.165) is 25.6 Å². The number of benzene rings is 1. The van der Waals surface area contributed by atoms with Crippen molar-refractivity contribution in [1.82, 2.24) is 4.90 Å². The van der Waals surface area contributed by atoms with Crippen molar-refractivity contribution in [3.8, 4) is 0 Å². The average Bonchev–Trinajstić information content (AvgIpc) is 2.66. The summed E-state index contributed by atoms with van der Waals surface area (Å²) < 4.78 is 27.1. The molecule has 2 N–H and O–H groups in total. The first-order valence-electron chi connectivity index (χ1n) is 6.32. The SMILES string of the molecule is CC1(C)CCN(C(CN)c2cccc(F)c2F)C1. The van der Waals surface area contributed by atoms with Crippen molar-refractivity contribution in [2.24, 2.45) is 11.1 Å². The van der Waals surface area contributed by atoms with E-state index in [0.29, 0.717) is 12.1 Å². The van der Waals surface area contributed by atoms with Gasteiger partial charge in [-0.25, -0.2) is 8.78 Å². The number of hydrogen-bond acceptors (Lipinski definition) is 2. The predicted octanol–water partition coefficient (Wildman–Crippen LogP) is 2.70. The van der Waals surface area contributed by atoms with Crippen molar-refractivity contribution < 1.29 is 8.78 Å². The summed E-state index contributed by atoms with van der Waals surface area (Å²) >= 11 is 0. The Hall–Kier alpha value is -1.00. The highest BCUT2D eigenvalue weighted by Gasteiger charge is 2.34. The molecule has 1 aliphatic heterocycles. The number of hydrogen-bond donors (Lipinski definition) is 1. The minimum absolute atomic E-state index is 0.219. The molecular formula is C14H20F2N2. The van der Waals surface area contributed by atoms with Gasteiger partial charge in [-0.15, -0.1) is 0 Å². The molecule has 1 unspecified atom stereocenters. The maximum atomic E-state index is 13.8. The molecule has 2 rings (SSSR count). The Morgan fingerprint density at radius 1 is 1.39 bits per heavy atom. The Kier molecular flexibility index (Phi) is 3.69. The number of likely N-dealkylation sites (tertiary alicyclic amines) is 1. The summed E-state index contributed by atoms with van der Waals surface area (Å²) in [6, 6.07) is 4.07. The van der Waals surface area contributed by atoms with E-state index in [1.807, 2.05) is 0 Å². The van der Waals surface area contributed by atoms with Gasteiger partial charge in [0.15, 0.2) is 11.6 Å². The second kappa shape index (κ2) is 4.94. The standard InChI is InChI=1S/C14H20F2N2/c1-14(2)6-7-18(9-14)12(8-17)10-4-3-5-11(15)13(10)16/h3-5,12H,6-9,17H2,1-2H3. The third kappa shape index (κ3) is 2.54. The molecule has 1 heterocycles. The van der Waals surface area contributed by atoms with Crippen LogP contribution in [-0.4, -0.2) is 24.5 Å². The number of rotatable bonds is 3. The molecule has 1 aromatic rings. The van der Waals surface area contributed by atoms with Crippen LogP contribution in [0.5, 0.6) is 0 Å². The smallest absolute Gasteiger partial charge is 0.163 e. The highest BCUT2D eigenvalue weighted by Crippen LogP contribution is 2.35. The van der Waals surface area contributed by atoms with Gasteiger partial charge < -0.3 is 5.73 Å². The lowest BCUT2D eigenvalue weighted by Gasteiger charge is -2.28. The van der Waals surface area contributed by atoms with Gasteiger partial charge in [0.1, 0.15) is 0 Å². The minimum Gasteiger partial charge on any atom is -0.329 e. The molecule has 0 amide bonds. The molecule has 1 saturated heterocycles. The molecule has 0 spiro atoms. The molecule has 1 fully saturated rings. The van der Waals surface area contributed by atoms with Crippen molar-refractivity contribution in [1.29, 1.82) is 0 Å². The fourth-order valence-electron chi connectivity index (χ4n) is 2.67. The number of halogens is 2. The highest BCUT2D eigenvalue weighted by atomic mass is 19.2. The summed E-state index contributed by atoms with van der Waals surface area (Å²) in [4.78, 5) is 2.15. The van der Waals surface area contributed by atoms with E-state index < -0.39 is 11.6 Å². The van der Waals surface area contributed by atoms with Crippen LogP contribution in [0.25, 0.3) is 0 Å². The van der Waals surface area contributed by atoms with E-state index in [9.17, 15) is 8.78 Å². The highest BCUT2D eigenvalue weighted by molar-refractivity contribution is 5.23. The fraction of sp³-hybridized carbons (Fsp3) is 0.571. The fourth-order valence-corrected chi connectivity index (χ4v) is 2.67. The van der Waals surface area contributed by atoms with Crippen molar-refractivity contribution in [2.45, 2.75) is 26.3 Å². The summed E-state index contributed by atoms with van der Waals surface area (Å²) in [6.07, 6.45) is 1.06. The van der Waals surface area contributed by atoms with Crippen LogP contribution in [0.1, 0.15) is 31.9 Å². The Balaban J connectivity index is 2.26. The monoisotopic (exact) mass is 254 g/mol. The first-order valence-corrected chi connectivity index (χ1v) is 6.32. The molecule has 18 heavy (non-hydrogen) atoms. The van der Waals surface area contributed by atoms with Crippen LogP contribution in [0.4, 0.5) is 8.78 Å². The van der Waals surface area contributed by atoms with Crippen LogP contribution in [0.3, 0.4) is 0 Å². The second-order valence-electron chi connectivity index (χ2n) is 5.78. The van der Waals surface area contributed by atoms with Crippen LogP contribution in [0.2, 0.25) is 0 Å². The normalized spacial score (nSPS) is 21.2. The molecule has 1 atom stereocenters. The van der Waals surface area contributed by atoms with Gasteiger partial charge in [0.25, 0.3) is 0 Å². The van der Waals surface area contributed by atoms with Crippen LogP contribution < -0.4 is 5.73 Å². The molecule has 1 aromatic carbocycles. The molecule has 0 saturated carbocycles. The van der Waals surface area contributed by atoms with E-state index in [1.54, 1.807) is 6.07 Å². The second-order valence-corrected chi connectivity index (χ2v) is 5.78. The van der Waals surface area contributed by atoms with Gasteiger partial charge in [-0.3, -0.25) is 4.90 Å². The molecule has 4 heteroatoms. The molecule has 0 aliphatic carbocycles. The Morgan fingerprint density at radius 3 is 2.67 bits per heavy atom. The van der Waals surface area contributed by atoms with Gasteiger partial charge in [0, 0.05) is 18.7 Å². The molecule has 100 valence electrons. The van der Waals surface area contributed by atoms with Crippen LogP contribution >= 0.6 is 0 Å². The number of nitrogens with two attached hydrogens (primary N) is 1. The van der Waals surface area contributed by atoms with Crippen LogP contribution in [0.15, 0.2) is 18.2 Å².